The van der Waals surface area contributed by atoms with Gasteiger partial charge in [-0.15, -0.1) is 5.10 Å². The monoisotopic (exact) mass is 293 g/mol. The lowest BCUT2D eigenvalue weighted by molar-refractivity contribution is 0.0994. The molecule has 2 N–H and O–H groups in total. The molecule has 1 aliphatic heterocycles. The Morgan fingerprint density at radius 3 is 3.10 bits per heavy atom. The summed E-state index contributed by atoms with van der Waals surface area (Å²) in [6.07, 6.45) is 3.50. The van der Waals surface area contributed by atoms with E-state index in [1.807, 2.05) is 6.07 Å². The van der Waals surface area contributed by atoms with Gasteiger partial charge in [0.2, 0.25) is 0 Å². The Hall–Kier alpha value is -1.66. The number of ether oxygens (including phenoxy) is 1. The number of anilines is 1. The third-order valence-corrected chi connectivity index (χ3v) is 3.82. The third-order valence-electron chi connectivity index (χ3n) is 3.47. The van der Waals surface area contributed by atoms with Crippen molar-refractivity contribution < 1.29 is 4.74 Å². The van der Waals surface area contributed by atoms with Crippen LogP contribution in [0, 0.1) is 0 Å². The number of hydrogen-bond donors (Lipinski definition) is 1. The number of benzene rings is 1. The summed E-state index contributed by atoms with van der Waals surface area (Å²) in [6, 6.07) is 5.41. The van der Waals surface area contributed by atoms with Gasteiger partial charge in [0.15, 0.2) is 5.82 Å². The van der Waals surface area contributed by atoms with E-state index in [1.54, 1.807) is 16.8 Å². The molecule has 2 heterocycles. The number of aromatic nitrogens is 4. The molecule has 0 saturated carbocycles. The molecule has 0 spiro atoms. The van der Waals surface area contributed by atoms with Crippen molar-refractivity contribution in [3.05, 3.63) is 23.2 Å². The Balaban J connectivity index is 1.76. The Kier molecular flexibility index (Phi) is 3.84. The van der Waals surface area contributed by atoms with Gasteiger partial charge in [-0.1, -0.05) is 11.6 Å². The molecule has 3 rings (SSSR count). The first-order valence-electron chi connectivity index (χ1n) is 6.67. The second kappa shape index (κ2) is 5.76. The number of aryl methyl sites for hydroxylation is 1. The smallest absolute Gasteiger partial charge is 0.182 e. The Bertz CT molecular complexity index is 594. The molecule has 106 valence electrons. The Morgan fingerprint density at radius 1 is 1.45 bits per heavy atom. The minimum atomic E-state index is 0.322. The van der Waals surface area contributed by atoms with Gasteiger partial charge in [-0.25, -0.2) is 4.68 Å². The van der Waals surface area contributed by atoms with E-state index in [1.165, 1.54) is 0 Å². The van der Waals surface area contributed by atoms with E-state index in [2.05, 4.69) is 15.5 Å². The molecule has 0 bridgehead atoms. The van der Waals surface area contributed by atoms with Crippen LogP contribution in [-0.4, -0.2) is 32.9 Å². The maximum Gasteiger partial charge on any atom is 0.182 e. The standard InChI is InChI=1S/C13H16ClN5O/c14-11-4-3-9(8-12(11)15)13-16-17-18-19(13)6-5-10-2-1-7-20-10/h3-4,8,10H,1-2,5-7,15H2. The van der Waals surface area contributed by atoms with Crippen LogP contribution in [0.3, 0.4) is 0 Å². The summed E-state index contributed by atoms with van der Waals surface area (Å²) < 4.78 is 7.39. The number of halogens is 1. The van der Waals surface area contributed by atoms with Crippen LogP contribution in [0.2, 0.25) is 5.02 Å². The van der Waals surface area contributed by atoms with E-state index in [4.69, 9.17) is 22.1 Å². The summed E-state index contributed by atoms with van der Waals surface area (Å²) >= 11 is 5.93. The SMILES string of the molecule is Nc1cc(-c2nnnn2CCC2CCCO2)ccc1Cl. The van der Waals surface area contributed by atoms with Crippen molar-refractivity contribution in [2.24, 2.45) is 0 Å². The van der Waals surface area contributed by atoms with Gasteiger partial charge in [-0.2, -0.15) is 0 Å². The fourth-order valence-corrected chi connectivity index (χ4v) is 2.50. The number of nitrogens with zero attached hydrogens (tertiary/aromatic N) is 4. The van der Waals surface area contributed by atoms with E-state index in [0.717, 1.165) is 38.0 Å². The highest BCUT2D eigenvalue weighted by atomic mass is 35.5. The number of nitrogen functional groups attached to an aromatic ring is 1. The van der Waals surface area contributed by atoms with Crippen molar-refractivity contribution in [3.8, 4) is 11.4 Å². The maximum absolute atomic E-state index is 5.93. The summed E-state index contributed by atoms with van der Waals surface area (Å²) in [7, 11) is 0. The van der Waals surface area contributed by atoms with E-state index < -0.39 is 0 Å². The predicted octanol–water partition coefficient (Wildman–Crippen LogP) is 2.14. The van der Waals surface area contributed by atoms with E-state index >= 15 is 0 Å². The molecule has 0 amide bonds. The summed E-state index contributed by atoms with van der Waals surface area (Å²) in [4.78, 5) is 0. The molecule has 1 aromatic carbocycles. The number of tetrazole rings is 1. The highest BCUT2D eigenvalue weighted by Crippen LogP contribution is 2.25. The second-order valence-corrected chi connectivity index (χ2v) is 5.29. The maximum atomic E-state index is 5.93. The molecule has 7 heteroatoms. The zero-order valence-corrected chi connectivity index (χ0v) is 11.8. The zero-order chi connectivity index (χ0) is 13.9. The van der Waals surface area contributed by atoms with E-state index in [0.29, 0.717) is 22.6 Å². The molecule has 20 heavy (non-hydrogen) atoms. The molecule has 0 radical (unpaired) electrons. The molecule has 6 nitrogen and oxygen atoms in total. The fourth-order valence-electron chi connectivity index (χ4n) is 2.38. The van der Waals surface area contributed by atoms with Gasteiger partial charge in [0.1, 0.15) is 0 Å². The third kappa shape index (κ3) is 2.76. The lowest BCUT2D eigenvalue weighted by Gasteiger charge is -2.10. The lowest BCUT2D eigenvalue weighted by atomic mass is 10.1. The van der Waals surface area contributed by atoms with Gasteiger partial charge in [-0.05, 0) is 47.9 Å². The number of rotatable bonds is 4. The summed E-state index contributed by atoms with van der Waals surface area (Å²) in [6.45, 7) is 1.59. The number of nitrogens with two attached hydrogens (primary N) is 1. The van der Waals surface area contributed by atoms with Gasteiger partial charge < -0.3 is 10.5 Å². The normalized spacial score (nSPS) is 18.6. The van der Waals surface area contributed by atoms with Crippen LogP contribution < -0.4 is 5.73 Å². The first kappa shape index (κ1) is 13.3. The summed E-state index contributed by atoms with van der Waals surface area (Å²) in [5.41, 5.74) is 7.21. The molecule has 0 aliphatic carbocycles. The van der Waals surface area contributed by atoms with Gasteiger partial charge >= 0.3 is 0 Å². The lowest BCUT2D eigenvalue weighted by Crippen LogP contribution is -2.12. The fraction of sp³-hybridized carbons (Fsp3) is 0.462. The first-order chi connectivity index (χ1) is 9.74. The van der Waals surface area contributed by atoms with Crippen LogP contribution in [0.5, 0.6) is 0 Å². The molecule has 1 fully saturated rings. The van der Waals surface area contributed by atoms with Gasteiger partial charge in [0.05, 0.1) is 16.8 Å². The summed E-state index contributed by atoms with van der Waals surface area (Å²) in [5.74, 6) is 0.700. The minimum absolute atomic E-state index is 0.322. The van der Waals surface area contributed by atoms with Crippen molar-refractivity contribution in [1.29, 1.82) is 0 Å². The van der Waals surface area contributed by atoms with E-state index in [-0.39, 0.29) is 0 Å². The second-order valence-electron chi connectivity index (χ2n) is 4.89. The average molecular weight is 294 g/mol. The van der Waals surface area contributed by atoms with Crippen LogP contribution >= 0.6 is 11.6 Å². The summed E-state index contributed by atoms with van der Waals surface area (Å²) in [5, 5.41) is 12.4. The van der Waals surface area contributed by atoms with Crippen molar-refractivity contribution in [2.75, 3.05) is 12.3 Å². The minimum Gasteiger partial charge on any atom is -0.398 e. The van der Waals surface area contributed by atoms with Crippen LogP contribution in [0.15, 0.2) is 18.2 Å². The molecular weight excluding hydrogens is 278 g/mol. The van der Waals surface area contributed by atoms with Crippen molar-refractivity contribution >= 4 is 17.3 Å². The Morgan fingerprint density at radius 2 is 2.35 bits per heavy atom. The van der Waals surface area contributed by atoms with Crippen LogP contribution in [-0.2, 0) is 11.3 Å². The predicted molar refractivity (Wildman–Crippen MR) is 76.3 cm³/mol. The molecule has 2 aromatic rings. The first-order valence-corrected chi connectivity index (χ1v) is 7.05. The topological polar surface area (TPSA) is 78.9 Å². The van der Waals surface area contributed by atoms with E-state index in [9.17, 15) is 0 Å². The van der Waals surface area contributed by atoms with Crippen LogP contribution in [0.25, 0.3) is 11.4 Å². The van der Waals surface area contributed by atoms with Gasteiger partial charge in [-0.3, -0.25) is 0 Å². The van der Waals surface area contributed by atoms with Gasteiger partial charge in [0.25, 0.3) is 0 Å². The van der Waals surface area contributed by atoms with Gasteiger partial charge in [0, 0.05) is 18.7 Å². The highest BCUT2D eigenvalue weighted by molar-refractivity contribution is 6.33. The van der Waals surface area contributed by atoms with Crippen LogP contribution in [0.4, 0.5) is 5.69 Å². The molecular formula is C13H16ClN5O. The number of hydrogen-bond acceptors (Lipinski definition) is 5. The highest BCUT2D eigenvalue weighted by Gasteiger charge is 2.17. The molecule has 1 atom stereocenters. The van der Waals surface area contributed by atoms with Crippen molar-refractivity contribution in [1.82, 2.24) is 20.2 Å². The molecule has 1 aliphatic rings. The van der Waals surface area contributed by atoms with Crippen molar-refractivity contribution in [3.63, 3.8) is 0 Å². The molecule has 1 aromatic heterocycles. The van der Waals surface area contributed by atoms with Crippen molar-refractivity contribution in [2.45, 2.75) is 31.9 Å². The average Bonchev–Trinajstić information content (AvgIpc) is 3.10. The van der Waals surface area contributed by atoms with Crippen LogP contribution in [0.1, 0.15) is 19.3 Å². The molecule has 1 unspecified atom stereocenters. The quantitative estimate of drug-likeness (QED) is 0.874. The molecule has 1 saturated heterocycles. The largest absolute Gasteiger partial charge is 0.398 e. The zero-order valence-electron chi connectivity index (χ0n) is 11.0. The Labute approximate surface area is 121 Å².